The van der Waals surface area contributed by atoms with E-state index in [0.717, 1.165) is 18.4 Å². The number of nitrogens with one attached hydrogen (secondary N) is 1. The molecule has 1 atom stereocenters. The molecule has 0 bridgehead atoms. The van der Waals surface area contributed by atoms with Gasteiger partial charge >= 0.3 is 6.09 Å². The van der Waals surface area contributed by atoms with E-state index in [1.54, 1.807) is 18.2 Å². The zero-order valence-electron chi connectivity index (χ0n) is 14.3. The highest BCUT2D eigenvalue weighted by atomic mass is 16.6. The van der Waals surface area contributed by atoms with Crippen LogP contribution in [0.15, 0.2) is 54.6 Å². The van der Waals surface area contributed by atoms with Crippen LogP contribution < -0.4 is 10.1 Å². The van der Waals surface area contributed by atoms with Crippen LogP contribution >= 0.6 is 0 Å². The summed E-state index contributed by atoms with van der Waals surface area (Å²) < 4.78 is 5.45. The van der Waals surface area contributed by atoms with E-state index in [4.69, 9.17) is 4.74 Å². The largest absolute Gasteiger partial charge is 0.412 e. The maximum absolute atomic E-state index is 12.0. The summed E-state index contributed by atoms with van der Waals surface area (Å²) in [6.45, 7) is 4.54. The van der Waals surface area contributed by atoms with Crippen molar-refractivity contribution in [2.24, 2.45) is 0 Å². The minimum absolute atomic E-state index is 0.375. The van der Waals surface area contributed by atoms with Gasteiger partial charge in [-0.25, -0.2) is 4.79 Å². The van der Waals surface area contributed by atoms with Gasteiger partial charge in [0.1, 0.15) is 11.4 Å². The monoisotopic (exact) mass is 327 g/mol. The minimum Gasteiger partial charge on any atom is -0.410 e. The van der Waals surface area contributed by atoms with E-state index < -0.39 is 11.7 Å². The van der Waals surface area contributed by atoms with Crippen molar-refractivity contribution in [2.45, 2.75) is 38.7 Å². The fourth-order valence-electron chi connectivity index (χ4n) is 2.66. The number of aliphatic hydroxyl groups is 1. The van der Waals surface area contributed by atoms with E-state index in [9.17, 15) is 9.90 Å². The molecule has 2 aromatic carbocycles. The van der Waals surface area contributed by atoms with Crippen molar-refractivity contribution >= 4 is 6.09 Å². The smallest absolute Gasteiger partial charge is 0.410 e. The first kappa shape index (κ1) is 18.0. The molecule has 2 N–H and O–H groups in total. The lowest BCUT2D eigenvalue weighted by Crippen LogP contribution is -2.31. The van der Waals surface area contributed by atoms with Crippen LogP contribution in [-0.4, -0.2) is 17.7 Å². The number of benzene rings is 2. The van der Waals surface area contributed by atoms with Crippen LogP contribution in [0.25, 0.3) is 0 Å². The van der Waals surface area contributed by atoms with E-state index in [1.807, 2.05) is 43.3 Å². The zero-order valence-corrected chi connectivity index (χ0v) is 14.3. The van der Waals surface area contributed by atoms with Gasteiger partial charge in [0.15, 0.2) is 0 Å². The normalized spacial score (nSPS) is 13.1. The molecule has 0 saturated carbocycles. The van der Waals surface area contributed by atoms with E-state index in [-0.39, 0.29) is 0 Å². The van der Waals surface area contributed by atoms with Crippen LogP contribution in [0.5, 0.6) is 5.75 Å². The number of carbonyl (C=O) groups excluding carboxylic acids is 1. The summed E-state index contributed by atoms with van der Waals surface area (Å²) in [5.74, 6) is 0.375. The van der Waals surface area contributed by atoms with Crippen LogP contribution in [0.3, 0.4) is 0 Å². The molecule has 0 fully saturated rings. The predicted molar refractivity (Wildman–Crippen MR) is 95.1 cm³/mol. The van der Waals surface area contributed by atoms with E-state index in [1.165, 1.54) is 0 Å². The highest BCUT2D eigenvalue weighted by molar-refractivity contribution is 5.71. The number of rotatable bonds is 7. The predicted octanol–water partition coefficient (Wildman–Crippen LogP) is 4.22. The van der Waals surface area contributed by atoms with Crippen molar-refractivity contribution in [3.8, 4) is 5.75 Å². The average Bonchev–Trinajstić information content (AvgIpc) is 2.62. The molecule has 2 rings (SSSR count). The number of ether oxygens (including phenoxy) is 1. The number of unbranched alkanes of at least 4 members (excludes halogenated alkanes) is 1. The molecule has 0 heterocycles. The molecular formula is C20H25NO3. The first-order valence-corrected chi connectivity index (χ1v) is 8.45. The molecule has 4 nitrogen and oxygen atoms in total. The van der Waals surface area contributed by atoms with Crippen molar-refractivity contribution in [3.63, 3.8) is 0 Å². The van der Waals surface area contributed by atoms with Gasteiger partial charge in [0.25, 0.3) is 0 Å². The van der Waals surface area contributed by atoms with Crippen molar-refractivity contribution < 1.29 is 14.6 Å². The van der Waals surface area contributed by atoms with Gasteiger partial charge in [0.2, 0.25) is 0 Å². The second-order valence-corrected chi connectivity index (χ2v) is 5.75. The zero-order chi connectivity index (χ0) is 17.4. The van der Waals surface area contributed by atoms with Gasteiger partial charge in [-0.1, -0.05) is 68.8 Å². The third-order valence-corrected chi connectivity index (χ3v) is 4.10. The summed E-state index contributed by atoms with van der Waals surface area (Å²) in [4.78, 5) is 12.0. The lowest BCUT2D eigenvalue weighted by Gasteiger charge is -2.29. The third kappa shape index (κ3) is 4.15. The average molecular weight is 327 g/mol. The molecule has 0 aliphatic carbocycles. The first-order chi connectivity index (χ1) is 11.6. The third-order valence-electron chi connectivity index (χ3n) is 4.10. The molecule has 24 heavy (non-hydrogen) atoms. The maximum Gasteiger partial charge on any atom is 0.412 e. The molecule has 1 amide bonds. The second kappa shape index (κ2) is 8.50. The number of carbonyl (C=O) groups is 1. The number of amides is 1. The Morgan fingerprint density at radius 3 is 2.42 bits per heavy atom. The van der Waals surface area contributed by atoms with Gasteiger partial charge in [-0.2, -0.15) is 0 Å². The van der Waals surface area contributed by atoms with E-state index in [0.29, 0.717) is 24.3 Å². The van der Waals surface area contributed by atoms with Crippen molar-refractivity contribution in [2.75, 3.05) is 6.54 Å². The maximum atomic E-state index is 12.0. The number of para-hydroxylation sites is 1. The molecule has 2 aromatic rings. The van der Waals surface area contributed by atoms with Crippen molar-refractivity contribution in [1.82, 2.24) is 5.32 Å². The van der Waals surface area contributed by atoms with Crippen LogP contribution in [-0.2, 0) is 5.60 Å². The highest BCUT2D eigenvalue weighted by Gasteiger charge is 2.32. The molecular weight excluding hydrogens is 302 g/mol. The molecule has 0 aromatic heterocycles. The standard InChI is InChI=1S/C20H25NO3/c1-3-5-15-21-19(22)24-18-14-10-9-13-17(18)20(23,4-2)16-11-7-6-8-12-16/h6-14,23H,3-5,15H2,1-2H3,(H,21,22). The summed E-state index contributed by atoms with van der Waals surface area (Å²) in [5, 5.41) is 14.0. The fraction of sp³-hybridized carbons (Fsp3) is 0.350. The van der Waals surface area contributed by atoms with Crippen molar-refractivity contribution in [3.05, 3.63) is 65.7 Å². The van der Waals surface area contributed by atoms with Gasteiger partial charge in [0, 0.05) is 12.1 Å². The first-order valence-electron chi connectivity index (χ1n) is 8.45. The van der Waals surface area contributed by atoms with Crippen LogP contribution in [0.2, 0.25) is 0 Å². The molecule has 0 saturated heterocycles. The summed E-state index contributed by atoms with van der Waals surface area (Å²) in [6, 6.07) is 16.6. The molecule has 0 radical (unpaired) electrons. The Kier molecular flexibility index (Phi) is 6.38. The van der Waals surface area contributed by atoms with Crippen molar-refractivity contribution in [1.29, 1.82) is 0 Å². The minimum atomic E-state index is -1.21. The molecule has 4 heteroatoms. The van der Waals surface area contributed by atoms with E-state index >= 15 is 0 Å². The van der Waals surface area contributed by atoms with Crippen LogP contribution in [0.1, 0.15) is 44.2 Å². The number of hydrogen-bond donors (Lipinski definition) is 2. The molecule has 0 aliphatic heterocycles. The topological polar surface area (TPSA) is 58.6 Å². The Bertz CT molecular complexity index is 657. The van der Waals surface area contributed by atoms with Gasteiger partial charge in [-0.15, -0.1) is 0 Å². The highest BCUT2D eigenvalue weighted by Crippen LogP contribution is 2.38. The summed E-state index contributed by atoms with van der Waals surface area (Å²) in [5.41, 5.74) is 0.154. The Hall–Kier alpha value is -2.33. The second-order valence-electron chi connectivity index (χ2n) is 5.75. The Balaban J connectivity index is 2.28. The van der Waals surface area contributed by atoms with Gasteiger partial charge in [-0.3, -0.25) is 0 Å². The SMILES string of the molecule is CCCCNC(=O)Oc1ccccc1C(O)(CC)c1ccccc1. The van der Waals surface area contributed by atoms with E-state index in [2.05, 4.69) is 12.2 Å². The Morgan fingerprint density at radius 1 is 1.08 bits per heavy atom. The summed E-state index contributed by atoms with van der Waals surface area (Å²) >= 11 is 0. The lowest BCUT2D eigenvalue weighted by atomic mass is 9.83. The van der Waals surface area contributed by atoms with Gasteiger partial charge < -0.3 is 15.2 Å². The van der Waals surface area contributed by atoms with Gasteiger partial charge in [0.05, 0.1) is 0 Å². The quantitative estimate of drug-likeness (QED) is 0.749. The lowest BCUT2D eigenvalue weighted by molar-refractivity contribution is 0.0738. The number of hydrogen-bond acceptors (Lipinski definition) is 3. The fourth-order valence-corrected chi connectivity index (χ4v) is 2.66. The van der Waals surface area contributed by atoms with Crippen LogP contribution in [0, 0.1) is 0 Å². The Labute approximate surface area is 143 Å². The van der Waals surface area contributed by atoms with Gasteiger partial charge in [-0.05, 0) is 24.5 Å². The van der Waals surface area contributed by atoms with Crippen LogP contribution in [0.4, 0.5) is 4.79 Å². The molecule has 0 aliphatic rings. The molecule has 1 unspecified atom stereocenters. The molecule has 0 spiro atoms. The molecule has 128 valence electrons. The summed E-state index contributed by atoms with van der Waals surface area (Å²) in [6.07, 6.45) is 1.87. The Morgan fingerprint density at radius 2 is 1.75 bits per heavy atom. The summed E-state index contributed by atoms with van der Waals surface area (Å²) in [7, 11) is 0.